The number of imidazole rings is 1. The molecular weight excluding hydrogens is 595 g/mol. The minimum absolute atomic E-state index is 1.10. The molecule has 3 heteroatoms. The largest absolute Gasteiger partial charge is 0.309 e. The molecule has 0 aliphatic rings. The topological polar surface area (TPSA) is 12.6 Å². The maximum Gasteiger partial charge on any atom is 0.131 e. The molecule has 2 heterocycles. The molecule has 0 saturated carbocycles. The molecule has 10 rings (SSSR count). The fourth-order valence-electron chi connectivity index (χ4n) is 7.75. The molecule has 0 radical (unpaired) electrons. The zero-order valence-electron chi connectivity index (χ0n) is 26.7. The van der Waals surface area contributed by atoms with Gasteiger partial charge in [-0.25, -0.2) is 0 Å². The van der Waals surface area contributed by atoms with Crippen LogP contribution in [-0.2, 0) is 0 Å². The maximum absolute atomic E-state index is 2.43. The first-order valence-corrected chi connectivity index (χ1v) is 16.8. The van der Waals surface area contributed by atoms with Crippen LogP contribution in [0.15, 0.2) is 188 Å². The quantitative estimate of drug-likeness (QED) is 0.185. The molecule has 0 spiro atoms. The molecule has 10 aromatic rings. The zero-order chi connectivity index (χ0) is 32.3. The summed E-state index contributed by atoms with van der Waals surface area (Å²) >= 11 is 0. The standard InChI is InChI=1S/C46H31N3/c1-2-16-34(17-3-1)45-39-22-8-9-23-42(39)49-44-25-11-10-24-43(44)48(46(45)49)36-30-28-35(29-31-36)47(40-26-12-18-32-14-4-6-20-37(32)40)41-27-13-19-33-15-5-7-21-38(33)41/h1-31H. The zero-order valence-corrected chi connectivity index (χ0v) is 26.7. The van der Waals surface area contributed by atoms with Gasteiger partial charge in [0.05, 0.1) is 27.9 Å². The minimum Gasteiger partial charge on any atom is -0.309 e. The van der Waals surface area contributed by atoms with Gasteiger partial charge in [-0.05, 0) is 70.9 Å². The maximum atomic E-state index is 2.43. The first kappa shape index (κ1) is 27.5. The third-order valence-electron chi connectivity index (χ3n) is 9.87. The Hall–Kier alpha value is -6.58. The monoisotopic (exact) mass is 625 g/mol. The van der Waals surface area contributed by atoms with Crippen LogP contribution < -0.4 is 4.90 Å². The number of anilines is 3. The van der Waals surface area contributed by atoms with Crippen LogP contribution in [0.2, 0.25) is 0 Å². The van der Waals surface area contributed by atoms with E-state index < -0.39 is 0 Å². The van der Waals surface area contributed by atoms with Crippen LogP contribution in [-0.4, -0.2) is 8.97 Å². The van der Waals surface area contributed by atoms with Gasteiger partial charge in [-0.2, -0.15) is 0 Å². The lowest BCUT2D eigenvalue weighted by atomic mass is 10.0. The lowest BCUT2D eigenvalue weighted by molar-refractivity contribution is 1.14. The normalized spacial score (nSPS) is 11.7. The molecule has 0 aliphatic heterocycles. The van der Waals surface area contributed by atoms with Gasteiger partial charge in [0.1, 0.15) is 5.65 Å². The average Bonchev–Trinajstić information content (AvgIpc) is 3.68. The van der Waals surface area contributed by atoms with Crippen molar-refractivity contribution in [3.05, 3.63) is 188 Å². The Morgan fingerprint density at radius 1 is 0.367 bits per heavy atom. The second-order valence-electron chi connectivity index (χ2n) is 12.6. The van der Waals surface area contributed by atoms with Gasteiger partial charge < -0.3 is 4.90 Å². The summed E-state index contributed by atoms with van der Waals surface area (Å²) in [7, 11) is 0. The molecule has 0 saturated heterocycles. The number of hydrogen-bond donors (Lipinski definition) is 0. The number of fused-ring (bicyclic) bond motifs is 7. The van der Waals surface area contributed by atoms with Crippen molar-refractivity contribution in [1.29, 1.82) is 0 Å². The molecular formula is C46H31N3. The molecule has 0 unspecified atom stereocenters. The Morgan fingerprint density at radius 3 is 1.53 bits per heavy atom. The van der Waals surface area contributed by atoms with Crippen molar-refractivity contribution in [3.8, 4) is 16.8 Å². The van der Waals surface area contributed by atoms with Crippen LogP contribution in [0.3, 0.4) is 0 Å². The highest BCUT2D eigenvalue weighted by Gasteiger charge is 2.23. The van der Waals surface area contributed by atoms with Crippen molar-refractivity contribution in [2.45, 2.75) is 0 Å². The summed E-state index contributed by atoms with van der Waals surface area (Å²) in [5, 5.41) is 6.12. The summed E-state index contributed by atoms with van der Waals surface area (Å²) in [4.78, 5) is 2.42. The van der Waals surface area contributed by atoms with E-state index in [2.05, 4.69) is 202 Å². The van der Waals surface area contributed by atoms with Crippen LogP contribution in [0, 0.1) is 0 Å². The van der Waals surface area contributed by atoms with Gasteiger partial charge in [-0.3, -0.25) is 8.97 Å². The van der Waals surface area contributed by atoms with Gasteiger partial charge in [0, 0.05) is 33.1 Å². The first-order chi connectivity index (χ1) is 24.3. The van der Waals surface area contributed by atoms with Crippen molar-refractivity contribution in [2.75, 3.05) is 4.90 Å². The summed E-state index contributed by atoms with van der Waals surface area (Å²) in [5.41, 5.74) is 11.7. The third-order valence-corrected chi connectivity index (χ3v) is 9.87. The molecule has 8 aromatic carbocycles. The summed E-state index contributed by atoms with van der Waals surface area (Å²) in [6.07, 6.45) is 0. The van der Waals surface area contributed by atoms with E-state index in [-0.39, 0.29) is 0 Å². The molecule has 0 fully saturated rings. The van der Waals surface area contributed by atoms with Crippen molar-refractivity contribution in [2.24, 2.45) is 0 Å². The van der Waals surface area contributed by atoms with Crippen molar-refractivity contribution in [1.82, 2.24) is 8.97 Å². The van der Waals surface area contributed by atoms with Gasteiger partial charge in [0.25, 0.3) is 0 Å². The first-order valence-electron chi connectivity index (χ1n) is 16.8. The molecule has 49 heavy (non-hydrogen) atoms. The van der Waals surface area contributed by atoms with Crippen LogP contribution in [0.25, 0.3) is 65.9 Å². The van der Waals surface area contributed by atoms with E-state index >= 15 is 0 Å². The van der Waals surface area contributed by atoms with Crippen LogP contribution >= 0.6 is 0 Å². The lowest BCUT2D eigenvalue weighted by Gasteiger charge is -2.28. The number of benzene rings is 8. The highest BCUT2D eigenvalue weighted by atomic mass is 15.2. The molecule has 230 valence electrons. The SMILES string of the molecule is c1ccc(-c2c3ccccc3n3c4ccccc4n(-c4ccc(N(c5cccc6ccccc56)c5cccc6ccccc56)cc4)c23)cc1. The van der Waals surface area contributed by atoms with E-state index in [1.807, 2.05) is 0 Å². The van der Waals surface area contributed by atoms with E-state index in [0.29, 0.717) is 0 Å². The van der Waals surface area contributed by atoms with Crippen molar-refractivity contribution < 1.29 is 0 Å². The average molecular weight is 626 g/mol. The number of para-hydroxylation sites is 3. The van der Waals surface area contributed by atoms with Crippen molar-refractivity contribution >= 4 is 66.2 Å². The summed E-state index contributed by atoms with van der Waals surface area (Å²) < 4.78 is 4.86. The lowest BCUT2D eigenvalue weighted by Crippen LogP contribution is -2.11. The van der Waals surface area contributed by atoms with Gasteiger partial charge in [0.15, 0.2) is 0 Å². The molecule has 0 amide bonds. The number of hydrogen-bond acceptors (Lipinski definition) is 1. The Labute approximate surface area is 284 Å². The van der Waals surface area contributed by atoms with Crippen LogP contribution in [0.4, 0.5) is 17.1 Å². The Balaban J connectivity index is 1.23. The number of aromatic nitrogens is 2. The minimum atomic E-state index is 1.10. The smallest absolute Gasteiger partial charge is 0.131 e. The fraction of sp³-hybridized carbons (Fsp3) is 0. The van der Waals surface area contributed by atoms with Gasteiger partial charge in [0.2, 0.25) is 0 Å². The molecule has 3 nitrogen and oxygen atoms in total. The van der Waals surface area contributed by atoms with E-state index in [0.717, 1.165) is 22.7 Å². The number of nitrogens with zero attached hydrogens (tertiary/aromatic N) is 3. The second-order valence-corrected chi connectivity index (χ2v) is 12.6. The van der Waals surface area contributed by atoms with Crippen molar-refractivity contribution in [3.63, 3.8) is 0 Å². The van der Waals surface area contributed by atoms with E-state index in [4.69, 9.17) is 0 Å². The molecule has 2 aromatic heterocycles. The van der Waals surface area contributed by atoms with E-state index in [1.165, 1.54) is 60.3 Å². The summed E-state index contributed by atoms with van der Waals surface area (Å²) in [6, 6.07) is 67.9. The fourth-order valence-corrected chi connectivity index (χ4v) is 7.75. The van der Waals surface area contributed by atoms with Crippen LogP contribution in [0.5, 0.6) is 0 Å². The van der Waals surface area contributed by atoms with Gasteiger partial charge >= 0.3 is 0 Å². The molecule has 0 aliphatic carbocycles. The Morgan fingerprint density at radius 2 is 0.878 bits per heavy atom. The van der Waals surface area contributed by atoms with Gasteiger partial charge in [-0.1, -0.05) is 133 Å². The highest BCUT2D eigenvalue weighted by Crippen LogP contribution is 2.44. The summed E-state index contributed by atoms with van der Waals surface area (Å²) in [5.74, 6) is 0. The highest BCUT2D eigenvalue weighted by molar-refractivity contribution is 6.09. The number of rotatable bonds is 5. The second kappa shape index (κ2) is 11.0. The van der Waals surface area contributed by atoms with E-state index in [1.54, 1.807) is 0 Å². The predicted octanol–water partition coefficient (Wildman–Crippen LogP) is 12.5. The Bertz CT molecular complexity index is 2730. The third kappa shape index (κ3) is 4.23. The van der Waals surface area contributed by atoms with E-state index in [9.17, 15) is 0 Å². The van der Waals surface area contributed by atoms with Gasteiger partial charge in [-0.15, -0.1) is 0 Å². The summed E-state index contributed by atoms with van der Waals surface area (Å²) in [6.45, 7) is 0. The van der Waals surface area contributed by atoms with Crippen LogP contribution in [0.1, 0.15) is 0 Å². The predicted molar refractivity (Wildman–Crippen MR) is 207 cm³/mol. The molecule has 0 N–H and O–H groups in total. The molecule has 0 bridgehead atoms. The Kier molecular flexibility index (Phi) is 6.18. The molecule has 0 atom stereocenters.